The fraction of sp³-hybridized carbons (Fsp3) is 0.462. The molecule has 18 heavy (non-hydrogen) atoms. The van der Waals surface area contributed by atoms with Gasteiger partial charge in [0, 0.05) is 29.9 Å². The predicted octanol–water partition coefficient (Wildman–Crippen LogP) is 3.42. The van der Waals surface area contributed by atoms with Crippen LogP contribution in [-0.2, 0) is 13.5 Å². The maximum Gasteiger partial charge on any atom is 0.0931 e. The van der Waals surface area contributed by atoms with E-state index in [9.17, 15) is 0 Å². The molecule has 1 atom stereocenters. The molecule has 0 spiro atoms. The molecule has 0 aliphatic carbocycles. The minimum atomic E-state index is 0.377. The molecule has 0 saturated heterocycles. The normalized spacial score (nSPS) is 12.8. The van der Waals surface area contributed by atoms with E-state index in [2.05, 4.69) is 29.5 Å². The van der Waals surface area contributed by atoms with Crippen molar-refractivity contribution in [2.45, 2.75) is 25.8 Å². The molecule has 1 unspecified atom stereocenters. The Kier molecular flexibility index (Phi) is 4.80. The van der Waals surface area contributed by atoms with Crippen molar-refractivity contribution in [2.75, 3.05) is 6.54 Å². The number of rotatable bonds is 6. The van der Waals surface area contributed by atoms with Gasteiger partial charge in [0.1, 0.15) is 0 Å². The first-order valence-corrected chi connectivity index (χ1v) is 7.35. The molecule has 2 aromatic rings. The zero-order valence-electron chi connectivity index (χ0n) is 10.7. The summed E-state index contributed by atoms with van der Waals surface area (Å²) >= 11 is 7.66. The Hall–Kier alpha value is -0.840. The van der Waals surface area contributed by atoms with Gasteiger partial charge >= 0.3 is 0 Å². The summed E-state index contributed by atoms with van der Waals surface area (Å²) in [5, 5.41) is 7.71. The first-order chi connectivity index (χ1) is 8.70. The van der Waals surface area contributed by atoms with Crippen molar-refractivity contribution in [1.82, 2.24) is 15.1 Å². The summed E-state index contributed by atoms with van der Waals surface area (Å²) in [6.45, 7) is 3.10. The van der Waals surface area contributed by atoms with Gasteiger partial charge in [-0.05, 0) is 37.6 Å². The van der Waals surface area contributed by atoms with Gasteiger partial charge in [-0.15, -0.1) is 11.3 Å². The minimum absolute atomic E-state index is 0.377. The van der Waals surface area contributed by atoms with E-state index in [0.29, 0.717) is 6.04 Å². The van der Waals surface area contributed by atoms with Crippen molar-refractivity contribution in [1.29, 1.82) is 0 Å². The van der Waals surface area contributed by atoms with Gasteiger partial charge in [0.15, 0.2) is 0 Å². The zero-order chi connectivity index (χ0) is 13.0. The highest BCUT2D eigenvalue weighted by Gasteiger charge is 2.13. The quantitative estimate of drug-likeness (QED) is 0.880. The van der Waals surface area contributed by atoms with Crippen LogP contribution in [0.25, 0.3) is 0 Å². The average Bonchev–Trinajstić information content (AvgIpc) is 2.94. The highest BCUT2D eigenvalue weighted by molar-refractivity contribution is 7.16. The van der Waals surface area contributed by atoms with Gasteiger partial charge in [-0.25, -0.2) is 0 Å². The number of aryl methyl sites for hydroxylation is 2. The summed E-state index contributed by atoms with van der Waals surface area (Å²) in [6, 6.07) is 6.53. The molecule has 98 valence electrons. The molecule has 0 radical (unpaired) electrons. The number of hydrogen-bond acceptors (Lipinski definition) is 3. The fourth-order valence-corrected chi connectivity index (χ4v) is 3.22. The third kappa shape index (κ3) is 3.34. The van der Waals surface area contributed by atoms with Crippen LogP contribution in [0.3, 0.4) is 0 Å². The second kappa shape index (κ2) is 6.36. The summed E-state index contributed by atoms with van der Waals surface area (Å²) in [5.41, 5.74) is 1.26. The van der Waals surface area contributed by atoms with Gasteiger partial charge in [-0.2, -0.15) is 5.10 Å². The standard InChI is InChI=1S/C13H18ClN3S/c1-3-15-11(12-6-7-13(14)18-12)5-4-10-8-9-16-17(10)2/h6-9,11,15H,3-5H2,1-2H3. The Labute approximate surface area is 117 Å². The third-order valence-electron chi connectivity index (χ3n) is 3.00. The van der Waals surface area contributed by atoms with E-state index in [0.717, 1.165) is 23.7 Å². The molecule has 0 fully saturated rings. The summed E-state index contributed by atoms with van der Waals surface area (Å²) in [5.74, 6) is 0. The molecular formula is C13H18ClN3S. The Bertz CT molecular complexity index is 492. The molecule has 0 aromatic carbocycles. The maximum absolute atomic E-state index is 6.01. The van der Waals surface area contributed by atoms with Gasteiger partial charge in [0.2, 0.25) is 0 Å². The molecule has 0 amide bonds. The van der Waals surface area contributed by atoms with E-state index in [1.807, 2.05) is 24.0 Å². The largest absolute Gasteiger partial charge is 0.310 e. The highest BCUT2D eigenvalue weighted by Crippen LogP contribution is 2.29. The number of aromatic nitrogens is 2. The van der Waals surface area contributed by atoms with Gasteiger partial charge in [0.25, 0.3) is 0 Å². The van der Waals surface area contributed by atoms with E-state index in [1.54, 1.807) is 11.3 Å². The summed E-state index contributed by atoms with van der Waals surface area (Å²) in [4.78, 5) is 1.31. The molecule has 0 aliphatic rings. The van der Waals surface area contributed by atoms with Crippen molar-refractivity contribution in [3.8, 4) is 0 Å². The van der Waals surface area contributed by atoms with Crippen LogP contribution in [0.1, 0.15) is 30.0 Å². The van der Waals surface area contributed by atoms with E-state index >= 15 is 0 Å². The van der Waals surface area contributed by atoms with Crippen molar-refractivity contribution < 1.29 is 0 Å². The van der Waals surface area contributed by atoms with Gasteiger partial charge < -0.3 is 5.32 Å². The molecule has 2 heterocycles. The third-order valence-corrected chi connectivity index (χ3v) is 4.34. The van der Waals surface area contributed by atoms with Crippen molar-refractivity contribution in [2.24, 2.45) is 7.05 Å². The lowest BCUT2D eigenvalue weighted by molar-refractivity contribution is 0.513. The molecule has 1 N–H and O–H groups in total. The lowest BCUT2D eigenvalue weighted by Crippen LogP contribution is -2.20. The molecule has 0 saturated carbocycles. The van der Waals surface area contributed by atoms with Crippen LogP contribution in [-0.4, -0.2) is 16.3 Å². The van der Waals surface area contributed by atoms with Crippen molar-refractivity contribution >= 4 is 22.9 Å². The van der Waals surface area contributed by atoms with E-state index in [1.165, 1.54) is 10.6 Å². The minimum Gasteiger partial charge on any atom is -0.310 e. The molecule has 2 rings (SSSR count). The van der Waals surface area contributed by atoms with Gasteiger partial charge in [-0.3, -0.25) is 4.68 Å². The summed E-state index contributed by atoms with van der Waals surface area (Å²) in [7, 11) is 1.99. The van der Waals surface area contributed by atoms with Crippen LogP contribution in [0.4, 0.5) is 0 Å². The molecule has 0 bridgehead atoms. The Morgan fingerprint density at radius 1 is 1.44 bits per heavy atom. The molecule has 0 aliphatic heterocycles. The maximum atomic E-state index is 6.01. The monoisotopic (exact) mass is 283 g/mol. The zero-order valence-corrected chi connectivity index (χ0v) is 12.3. The molecule has 3 nitrogen and oxygen atoms in total. The van der Waals surface area contributed by atoms with Crippen LogP contribution < -0.4 is 5.32 Å². The van der Waals surface area contributed by atoms with Crippen LogP contribution >= 0.6 is 22.9 Å². The molecule has 5 heteroatoms. The smallest absolute Gasteiger partial charge is 0.0931 e. The van der Waals surface area contributed by atoms with Crippen LogP contribution in [0.15, 0.2) is 24.4 Å². The number of thiophene rings is 1. The van der Waals surface area contributed by atoms with Gasteiger partial charge in [-0.1, -0.05) is 18.5 Å². The number of hydrogen-bond donors (Lipinski definition) is 1. The van der Waals surface area contributed by atoms with Crippen LogP contribution in [0, 0.1) is 0 Å². The number of nitrogens with one attached hydrogen (secondary N) is 1. The number of halogens is 1. The van der Waals surface area contributed by atoms with Crippen LogP contribution in [0.2, 0.25) is 4.34 Å². The number of nitrogens with zero attached hydrogens (tertiary/aromatic N) is 2. The second-order valence-electron chi connectivity index (χ2n) is 4.24. The topological polar surface area (TPSA) is 29.9 Å². The van der Waals surface area contributed by atoms with Crippen LogP contribution in [0.5, 0.6) is 0 Å². The first-order valence-electron chi connectivity index (χ1n) is 6.16. The predicted molar refractivity (Wildman–Crippen MR) is 77.3 cm³/mol. The Morgan fingerprint density at radius 2 is 2.28 bits per heavy atom. The first kappa shape index (κ1) is 13.6. The molecular weight excluding hydrogens is 266 g/mol. The lowest BCUT2D eigenvalue weighted by Gasteiger charge is -2.16. The highest BCUT2D eigenvalue weighted by atomic mass is 35.5. The second-order valence-corrected chi connectivity index (χ2v) is 5.98. The summed E-state index contributed by atoms with van der Waals surface area (Å²) < 4.78 is 2.79. The van der Waals surface area contributed by atoms with E-state index in [-0.39, 0.29) is 0 Å². The lowest BCUT2D eigenvalue weighted by atomic mass is 10.1. The van der Waals surface area contributed by atoms with E-state index in [4.69, 9.17) is 11.6 Å². The fourth-order valence-electron chi connectivity index (χ4n) is 2.05. The Balaban J connectivity index is 2.01. The Morgan fingerprint density at radius 3 is 2.83 bits per heavy atom. The molecule has 2 aromatic heterocycles. The SMILES string of the molecule is CCNC(CCc1ccnn1C)c1ccc(Cl)s1. The van der Waals surface area contributed by atoms with Crippen molar-refractivity contribution in [3.05, 3.63) is 39.3 Å². The average molecular weight is 284 g/mol. The summed E-state index contributed by atoms with van der Waals surface area (Å²) in [6.07, 6.45) is 3.92. The van der Waals surface area contributed by atoms with Crippen molar-refractivity contribution in [3.63, 3.8) is 0 Å². The van der Waals surface area contributed by atoms with E-state index < -0.39 is 0 Å². The van der Waals surface area contributed by atoms with Gasteiger partial charge in [0.05, 0.1) is 4.34 Å².